The van der Waals surface area contributed by atoms with Gasteiger partial charge in [0.15, 0.2) is 5.71 Å². The fourth-order valence-electron chi connectivity index (χ4n) is 4.88. The average Bonchev–Trinajstić information content (AvgIpc) is 3.08. The number of fused-ring (bicyclic) bond motifs is 2. The molecule has 0 fully saturated rings. The number of rotatable bonds is 5. The molecule has 0 atom stereocenters. The Morgan fingerprint density at radius 1 is 1.06 bits per heavy atom. The zero-order valence-corrected chi connectivity index (χ0v) is 20.7. The molecule has 5 rings (SSSR count). The predicted molar refractivity (Wildman–Crippen MR) is 142 cm³/mol. The van der Waals surface area contributed by atoms with E-state index in [1.54, 1.807) is 19.2 Å². The summed E-state index contributed by atoms with van der Waals surface area (Å²) in [6.07, 6.45) is 8.20. The molecular formula is C30H27N2O4+. The van der Waals surface area contributed by atoms with Crippen LogP contribution in [0.25, 0.3) is 11.3 Å². The van der Waals surface area contributed by atoms with Gasteiger partial charge in [0.2, 0.25) is 5.69 Å². The van der Waals surface area contributed by atoms with E-state index in [0.717, 1.165) is 50.9 Å². The number of hydrogen-bond donors (Lipinski definition) is 0. The average molecular weight is 480 g/mol. The van der Waals surface area contributed by atoms with E-state index in [9.17, 15) is 10.1 Å². The van der Waals surface area contributed by atoms with Gasteiger partial charge in [-0.3, -0.25) is 10.1 Å². The lowest BCUT2D eigenvalue weighted by molar-refractivity contribution is -0.402. The SMILES string of the molecule is COc1ccc2c(c1)/C(=C/C=C/C1=[N+](C)c3ccc([N+](=O)[O-])cc3C1(C)C)C=C(c1ccccc1)O2. The lowest BCUT2D eigenvalue weighted by Gasteiger charge is -2.21. The molecule has 6 nitrogen and oxygen atoms in total. The second kappa shape index (κ2) is 8.96. The summed E-state index contributed by atoms with van der Waals surface area (Å²) >= 11 is 0. The summed E-state index contributed by atoms with van der Waals surface area (Å²) in [6, 6.07) is 20.9. The molecule has 3 aromatic carbocycles. The first-order valence-corrected chi connectivity index (χ1v) is 11.7. The normalized spacial score (nSPS) is 17.0. The van der Waals surface area contributed by atoms with Crippen molar-refractivity contribution >= 4 is 28.4 Å². The number of nitro benzene ring substituents is 1. The van der Waals surface area contributed by atoms with Crippen LogP contribution in [0.15, 0.2) is 91.0 Å². The molecule has 0 unspecified atom stereocenters. The highest BCUT2D eigenvalue weighted by atomic mass is 16.6. The van der Waals surface area contributed by atoms with Crippen molar-refractivity contribution in [2.75, 3.05) is 14.2 Å². The van der Waals surface area contributed by atoms with Crippen molar-refractivity contribution in [2.24, 2.45) is 0 Å². The minimum atomic E-state index is -0.382. The van der Waals surface area contributed by atoms with Crippen LogP contribution in [0.3, 0.4) is 0 Å². The standard InChI is InChI=1S/C30H27N2O4/c1-30(2)25-18-22(32(33)34)13-15-26(25)31(3)29(30)12-8-11-21-17-28(20-9-6-5-7-10-20)36-27-16-14-23(35-4)19-24(21)27/h5-19H,1-4H3/q+1/b12-8+,21-11+. The van der Waals surface area contributed by atoms with E-state index in [1.165, 1.54) is 0 Å². The highest BCUT2D eigenvalue weighted by molar-refractivity contribution is 6.03. The molecule has 6 heteroatoms. The van der Waals surface area contributed by atoms with Crippen LogP contribution in [-0.2, 0) is 5.41 Å². The van der Waals surface area contributed by atoms with Crippen molar-refractivity contribution in [3.8, 4) is 11.5 Å². The first-order chi connectivity index (χ1) is 17.3. The largest absolute Gasteiger partial charge is 0.497 e. The quantitative estimate of drug-likeness (QED) is 0.233. The second-order valence-corrected chi connectivity index (χ2v) is 9.35. The van der Waals surface area contributed by atoms with E-state index < -0.39 is 0 Å². The van der Waals surface area contributed by atoms with Gasteiger partial charge >= 0.3 is 0 Å². The molecule has 0 bridgehead atoms. The molecule has 2 heterocycles. The number of nitrogens with zero attached hydrogens (tertiary/aromatic N) is 2. The summed E-state index contributed by atoms with van der Waals surface area (Å²) in [5.41, 5.74) is 5.64. The van der Waals surface area contributed by atoms with Crippen LogP contribution < -0.4 is 9.47 Å². The number of nitro groups is 1. The van der Waals surface area contributed by atoms with Crippen LogP contribution in [0.4, 0.5) is 11.4 Å². The number of methoxy groups -OCH3 is 1. The summed E-state index contributed by atoms with van der Waals surface area (Å²) in [6.45, 7) is 4.18. The van der Waals surface area contributed by atoms with E-state index >= 15 is 0 Å². The maximum Gasteiger partial charge on any atom is 0.270 e. The van der Waals surface area contributed by atoms with Crippen LogP contribution in [0.1, 0.15) is 30.5 Å². The van der Waals surface area contributed by atoms with E-state index in [-0.39, 0.29) is 16.0 Å². The van der Waals surface area contributed by atoms with Gasteiger partial charge in [0.25, 0.3) is 5.69 Å². The molecular weight excluding hydrogens is 452 g/mol. The monoisotopic (exact) mass is 479 g/mol. The number of hydrogen-bond acceptors (Lipinski definition) is 4. The number of non-ortho nitro benzene ring substituents is 1. The Morgan fingerprint density at radius 2 is 1.83 bits per heavy atom. The molecule has 0 aromatic heterocycles. The van der Waals surface area contributed by atoms with Crippen molar-refractivity contribution in [1.82, 2.24) is 0 Å². The molecule has 0 aliphatic carbocycles. The second-order valence-electron chi connectivity index (χ2n) is 9.35. The summed E-state index contributed by atoms with van der Waals surface area (Å²) < 4.78 is 13.8. The lowest BCUT2D eigenvalue weighted by atomic mass is 9.81. The molecule has 2 aliphatic rings. The minimum Gasteiger partial charge on any atom is -0.497 e. The van der Waals surface area contributed by atoms with Gasteiger partial charge in [-0.15, -0.1) is 0 Å². The van der Waals surface area contributed by atoms with Crippen molar-refractivity contribution in [1.29, 1.82) is 0 Å². The summed E-state index contributed by atoms with van der Waals surface area (Å²) in [5.74, 6) is 2.30. The maximum absolute atomic E-state index is 11.3. The van der Waals surface area contributed by atoms with E-state index in [2.05, 4.69) is 30.6 Å². The van der Waals surface area contributed by atoms with Crippen molar-refractivity contribution in [2.45, 2.75) is 19.3 Å². The zero-order chi connectivity index (χ0) is 25.4. The fourth-order valence-corrected chi connectivity index (χ4v) is 4.88. The summed E-state index contributed by atoms with van der Waals surface area (Å²) in [4.78, 5) is 11.0. The summed E-state index contributed by atoms with van der Waals surface area (Å²) in [7, 11) is 3.64. The first-order valence-electron chi connectivity index (χ1n) is 11.7. The van der Waals surface area contributed by atoms with Crippen LogP contribution in [0, 0.1) is 10.1 Å². The molecule has 2 aliphatic heterocycles. The Kier molecular flexibility index (Phi) is 5.80. The van der Waals surface area contributed by atoms with Crippen molar-refractivity contribution < 1.29 is 19.0 Å². The van der Waals surface area contributed by atoms with Gasteiger partial charge in [-0.2, -0.15) is 4.58 Å². The third-order valence-corrected chi connectivity index (χ3v) is 6.82. The molecule has 0 spiro atoms. The molecule has 0 radical (unpaired) electrons. The van der Waals surface area contributed by atoms with Crippen molar-refractivity contribution in [3.05, 3.63) is 118 Å². The van der Waals surface area contributed by atoms with Gasteiger partial charge in [-0.05, 0) is 43.7 Å². The molecule has 3 aromatic rings. The molecule has 0 saturated heterocycles. The Morgan fingerprint density at radius 3 is 2.56 bits per heavy atom. The smallest absolute Gasteiger partial charge is 0.270 e. The Bertz CT molecular complexity index is 1490. The summed E-state index contributed by atoms with van der Waals surface area (Å²) in [5, 5.41) is 11.3. The molecule has 0 amide bonds. The number of ether oxygens (including phenoxy) is 2. The van der Waals surface area contributed by atoms with Gasteiger partial charge in [-0.25, -0.2) is 0 Å². The van der Waals surface area contributed by atoms with E-state index in [0.29, 0.717) is 0 Å². The first kappa shape index (κ1) is 23.3. The van der Waals surface area contributed by atoms with Crippen LogP contribution in [-0.4, -0.2) is 29.4 Å². The number of benzene rings is 3. The third kappa shape index (κ3) is 4.01. The van der Waals surface area contributed by atoms with E-state index in [4.69, 9.17) is 9.47 Å². The van der Waals surface area contributed by atoms with Gasteiger partial charge in [-0.1, -0.05) is 42.5 Å². The van der Waals surface area contributed by atoms with Gasteiger partial charge < -0.3 is 9.47 Å². The van der Waals surface area contributed by atoms with Gasteiger partial charge in [0.1, 0.15) is 24.3 Å². The molecule has 36 heavy (non-hydrogen) atoms. The van der Waals surface area contributed by atoms with Gasteiger partial charge in [0.05, 0.1) is 17.4 Å². The third-order valence-electron chi connectivity index (χ3n) is 6.82. The molecule has 0 N–H and O–H groups in total. The zero-order valence-electron chi connectivity index (χ0n) is 20.7. The minimum absolute atomic E-state index is 0.105. The predicted octanol–water partition coefficient (Wildman–Crippen LogP) is 6.68. The maximum atomic E-state index is 11.3. The number of allylic oxidation sites excluding steroid dienone is 5. The van der Waals surface area contributed by atoms with Crippen LogP contribution >= 0.6 is 0 Å². The van der Waals surface area contributed by atoms with Crippen LogP contribution in [0.2, 0.25) is 0 Å². The Balaban J connectivity index is 1.54. The molecule has 0 saturated carbocycles. The fraction of sp³-hybridized carbons (Fsp3) is 0.167. The van der Waals surface area contributed by atoms with Crippen LogP contribution in [0.5, 0.6) is 11.5 Å². The highest BCUT2D eigenvalue weighted by Gasteiger charge is 2.43. The Labute approximate surface area is 210 Å². The van der Waals surface area contributed by atoms with Crippen molar-refractivity contribution in [3.63, 3.8) is 0 Å². The highest BCUT2D eigenvalue weighted by Crippen LogP contribution is 2.42. The molecule has 180 valence electrons. The lowest BCUT2D eigenvalue weighted by Crippen LogP contribution is -2.26. The Hall–Kier alpha value is -4.45. The van der Waals surface area contributed by atoms with Gasteiger partial charge in [0, 0.05) is 41.0 Å². The van der Waals surface area contributed by atoms with E-state index in [1.807, 2.05) is 73.8 Å². The topological polar surface area (TPSA) is 64.6 Å².